The number of hydrogen-bond donors (Lipinski definition) is 10. The number of rotatable bonds is 21. The fourth-order valence-corrected chi connectivity index (χ4v) is 15.6. The minimum atomic E-state index is -5.87. The number of H-pyrrole nitrogens is 2. The molecule has 12 N–H and O–H groups in total. The third-order valence-corrected chi connectivity index (χ3v) is 19.8. The molecule has 0 amide bonds. The number of aryl methyl sites for hydroxylation is 1. The van der Waals surface area contributed by atoms with Crippen LogP contribution in [-0.4, -0.2) is 169 Å². The normalized spacial score (nSPS) is 30.6. The highest BCUT2D eigenvalue weighted by molar-refractivity contribution is 7.74. The number of aromatic amines is 2. The summed E-state index contributed by atoms with van der Waals surface area (Å²) in [5, 5.41) is 32.9. The summed E-state index contributed by atoms with van der Waals surface area (Å²) in [5.41, 5.74) is 7.32. The lowest BCUT2D eigenvalue weighted by molar-refractivity contribution is -0.745. The number of imidazole rings is 2. The fourth-order valence-electron chi connectivity index (χ4n) is 8.85. The molecule has 8 heterocycles. The molecule has 0 bridgehead atoms. The van der Waals surface area contributed by atoms with Crippen LogP contribution in [0.2, 0.25) is 0 Å². The monoisotopic (exact) mass is 1130 g/mol. The molecule has 0 radical (unpaired) electrons. The van der Waals surface area contributed by atoms with Crippen LogP contribution in [0.3, 0.4) is 0 Å². The number of nitrogens with two attached hydrogens (primary N) is 2. The highest BCUT2D eigenvalue weighted by Gasteiger charge is 2.54. The zero-order chi connectivity index (χ0) is 53.8. The highest BCUT2D eigenvalue weighted by atomic mass is 31.3. The summed E-state index contributed by atoms with van der Waals surface area (Å²) >= 11 is 0. The minimum Gasteiger partial charge on any atom is -0.778 e. The zero-order valence-electron chi connectivity index (χ0n) is 38.7. The minimum absolute atomic E-state index is 0.00930. The molecule has 0 aliphatic carbocycles. The Morgan fingerprint density at radius 3 is 2.26 bits per heavy atom. The number of phosphoric acid groups is 1. The van der Waals surface area contributed by atoms with E-state index in [4.69, 9.17) is 48.7 Å². The topological polar surface area (TPSA) is 501 Å². The van der Waals surface area contributed by atoms with Crippen LogP contribution >= 0.6 is 30.6 Å². The van der Waals surface area contributed by atoms with E-state index in [1.165, 1.54) is 34.2 Å². The molecule has 5 aromatic heterocycles. The van der Waals surface area contributed by atoms with Crippen LogP contribution in [0.25, 0.3) is 22.3 Å². The van der Waals surface area contributed by atoms with Gasteiger partial charge in [-0.2, -0.15) is 0 Å². The van der Waals surface area contributed by atoms with Crippen LogP contribution < -0.4 is 37.7 Å². The molecule has 8 rings (SSSR count). The van der Waals surface area contributed by atoms with Crippen molar-refractivity contribution in [1.29, 1.82) is 0 Å². The standard InChI is InChI=1S/C35H50N12O23P4/c1-44-13-47(29-21(44)30(52)43-34(37)42-29)31-22(49)15(5-7-62-2)16(67-31)8-64-71(54,55)14-72(56,57)70-74(60,61)66-10-18-26(25(63-3)33(69-18)46-12-40-20-27(36)38-11-39-28(20)46)73(58,59)65-9-17-23(50)24(51)32(68-17)45-6-4-19(48)41-35(45)53/h4,6,11-13,15-18,22-26,31-33,49-51H,5,7-10,14H2,1-3H3,(H9-,36,37,38,39,41,42,43,48,52,53,54,55,56,57,58,59,60,61)/t15-,16-,17-,18-,22-,23-,24-,25-,26-,31-,32-,33-/m1/s1. The number of fused-ring (bicyclic) bond motifs is 2. The third-order valence-electron chi connectivity index (χ3n) is 12.2. The number of ether oxygens (including phenoxy) is 5. The summed E-state index contributed by atoms with van der Waals surface area (Å²) in [4.78, 5) is 104. The quantitative estimate of drug-likeness (QED) is 0.0247. The van der Waals surface area contributed by atoms with Crippen molar-refractivity contribution in [2.45, 2.75) is 73.5 Å². The first-order valence-corrected chi connectivity index (χ1v) is 28.3. The number of hydrogen-bond acceptors (Lipinski definition) is 26. The summed E-state index contributed by atoms with van der Waals surface area (Å²) in [5.74, 6) is -3.05. The lowest BCUT2D eigenvalue weighted by Crippen LogP contribution is -2.45. The number of methoxy groups -OCH3 is 2. The van der Waals surface area contributed by atoms with Gasteiger partial charge in [0.2, 0.25) is 11.7 Å². The second-order valence-corrected chi connectivity index (χ2v) is 24.8. The number of aliphatic hydroxyl groups is 3. The van der Waals surface area contributed by atoms with Gasteiger partial charge in [-0.3, -0.25) is 46.9 Å². The number of nitrogen functional groups attached to an aromatic ring is 2. The first kappa shape index (κ1) is 55.7. The van der Waals surface area contributed by atoms with Crippen molar-refractivity contribution in [2.24, 2.45) is 13.0 Å². The molecule has 4 unspecified atom stereocenters. The maximum Gasteiger partial charge on any atom is 0.479 e. The predicted molar refractivity (Wildman–Crippen MR) is 242 cm³/mol. The Kier molecular flexibility index (Phi) is 16.2. The second kappa shape index (κ2) is 21.5. The summed E-state index contributed by atoms with van der Waals surface area (Å²) in [7, 11) is -18.4. The molecular formula is C35H50N12O23P4. The van der Waals surface area contributed by atoms with Gasteiger partial charge in [-0.1, -0.05) is 4.98 Å². The Morgan fingerprint density at radius 2 is 1.55 bits per heavy atom. The van der Waals surface area contributed by atoms with Gasteiger partial charge >= 0.3 is 34.4 Å². The largest absolute Gasteiger partial charge is 0.778 e. The van der Waals surface area contributed by atoms with E-state index in [0.717, 1.165) is 36.6 Å². The molecule has 74 heavy (non-hydrogen) atoms. The van der Waals surface area contributed by atoms with Crippen molar-refractivity contribution in [3.63, 3.8) is 0 Å². The average Bonchev–Trinajstić information content (AvgIpc) is 4.12. The molecule has 16 atom stereocenters. The van der Waals surface area contributed by atoms with Gasteiger partial charge in [-0.05, 0) is 6.42 Å². The molecule has 0 saturated carbocycles. The van der Waals surface area contributed by atoms with Crippen molar-refractivity contribution in [3.8, 4) is 0 Å². The van der Waals surface area contributed by atoms with Gasteiger partial charge in [0, 0.05) is 39.0 Å². The van der Waals surface area contributed by atoms with Gasteiger partial charge in [0.05, 0.1) is 51.1 Å². The molecular weight excluding hydrogens is 1080 g/mol. The molecule has 3 aliphatic rings. The molecule has 3 fully saturated rings. The van der Waals surface area contributed by atoms with Crippen molar-refractivity contribution < 1.29 is 99.3 Å². The summed E-state index contributed by atoms with van der Waals surface area (Å²) in [6.45, 7) is -3.08. The number of anilines is 2. The van der Waals surface area contributed by atoms with Gasteiger partial charge < -0.3 is 83.7 Å². The van der Waals surface area contributed by atoms with Crippen molar-refractivity contribution in [2.75, 3.05) is 58.0 Å². The Hall–Kier alpha value is -4.54. The van der Waals surface area contributed by atoms with Gasteiger partial charge in [0.1, 0.15) is 50.0 Å². The number of nitrogens with zero attached hydrogens (tertiary/aromatic N) is 8. The molecule has 35 nitrogen and oxygen atoms in total. The van der Waals surface area contributed by atoms with Crippen molar-refractivity contribution in [1.82, 2.24) is 43.6 Å². The Labute approximate surface area is 413 Å². The highest BCUT2D eigenvalue weighted by Crippen LogP contribution is 2.67. The number of phosphoric ester groups is 1. The van der Waals surface area contributed by atoms with E-state index in [9.17, 15) is 67.5 Å². The number of nitrogens with one attached hydrogen (secondary N) is 2. The number of aromatic nitrogens is 10. The zero-order valence-corrected chi connectivity index (χ0v) is 42.3. The van der Waals surface area contributed by atoms with Crippen LogP contribution in [0, 0.1) is 5.92 Å². The predicted octanol–water partition coefficient (Wildman–Crippen LogP) is -4.04. The Bertz CT molecular complexity index is 3260. The van der Waals surface area contributed by atoms with E-state index in [2.05, 4.69) is 29.2 Å². The average molecular weight is 1130 g/mol. The van der Waals surface area contributed by atoms with Crippen LogP contribution in [-0.2, 0) is 66.9 Å². The fraction of sp³-hybridized carbons (Fsp3) is 0.600. The third kappa shape index (κ3) is 11.4. The van der Waals surface area contributed by atoms with Gasteiger partial charge in [0.25, 0.3) is 17.1 Å². The molecule has 0 aromatic carbocycles. The summed E-state index contributed by atoms with van der Waals surface area (Å²) in [6.07, 6.45) is -11.4. The van der Waals surface area contributed by atoms with Crippen LogP contribution in [0.4, 0.5) is 11.8 Å². The van der Waals surface area contributed by atoms with Gasteiger partial charge in [-0.25, -0.2) is 33.2 Å². The van der Waals surface area contributed by atoms with Crippen LogP contribution in [0.1, 0.15) is 25.1 Å². The lowest BCUT2D eigenvalue weighted by Gasteiger charge is -2.35. The van der Waals surface area contributed by atoms with E-state index in [1.807, 2.05) is 4.98 Å². The van der Waals surface area contributed by atoms with Gasteiger partial charge in [-0.15, -0.1) is 0 Å². The SMILES string of the molecule is COCC[C@H]1[C@@H](O)[C@H]([n+]2cn(C)c3c(=O)[nH]c(N)nc32)O[C@@H]1COP(=O)(O)CP(=O)(O)OP(=O)(O)OC[C@H]1O[C@@H](n2cnc3c(N)ncnc32)[C@H](OC)[C@@H]1P(=O)([O-])OC[C@H]1O[C@@H](n2ccc(=O)[nH]c2=O)[C@H](O)[C@@H]1O. The van der Waals surface area contributed by atoms with Crippen molar-refractivity contribution in [3.05, 3.63) is 62.4 Å². The lowest BCUT2D eigenvalue weighted by atomic mass is 9.95. The number of aliphatic hydroxyl groups excluding tert-OH is 3. The van der Waals surface area contributed by atoms with Crippen LogP contribution in [0.5, 0.6) is 0 Å². The molecule has 0 spiro atoms. The molecule has 3 aliphatic heterocycles. The molecule has 39 heteroatoms. The van der Waals surface area contributed by atoms with E-state index in [0.29, 0.717) is 0 Å². The molecule has 5 aromatic rings. The first-order valence-electron chi connectivity index (χ1n) is 21.7. The maximum atomic E-state index is 14.2. The molecule has 3 saturated heterocycles. The van der Waals surface area contributed by atoms with E-state index in [-0.39, 0.29) is 47.1 Å². The Morgan fingerprint density at radius 1 is 0.851 bits per heavy atom. The van der Waals surface area contributed by atoms with Crippen LogP contribution in [0.15, 0.2) is 45.6 Å². The second-order valence-electron chi connectivity index (χ2n) is 17.1. The van der Waals surface area contributed by atoms with E-state index < -0.39 is 146 Å². The van der Waals surface area contributed by atoms with Gasteiger partial charge in [0.15, 0.2) is 36.2 Å². The Balaban J connectivity index is 0.959. The maximum absolute atomic E-state index is 14.2. The van der Waals surface area contributed by atoms with E-state index in [1.54, 1.807) is 0 Å². The molecule has 408 valence electrons. The van der Waals surface area contributed by atoms with E-state index >= 15 is 0 Å². The first-order chi connectivity index (χ1) is 34.7. The summed E-state index contributed by atoms with van der Waals surface area (Å²) in [6, 6.07) is 0.925. The smallest absolute Gasteiger partial charge is 0.479 e. The van der Waals surface area contributed by atoms with Crippen molar-refractivity contribution >= 4 is 64.7 Å². The summed E-state index contributed by atoms with van der Waals surface area (Å²) < 4.78 is 107.